The van der Waals surface area contributed by atoms with Crippen molar-refractivity contribution in [2.75, 3.05) is 24.6 Å². The molecule has 3 aromatic heterocycles. The number of benzene rings is 1. The standard InChI is InChI=1S/C30H28ClF2N7O4/c31-18-4-5-19(36-11-18)14-39-23-6-3-17(10-24(23)44-30(32,33)29(39)42)25-21-13-37-40(15-20-12-35-7-8-43-20)28(21)38-22(9-16-1-2-16)26(25)27(34)41/h3-6,10-11,13,16,20,35H,1-2,7-9,12,14-15H2,(H2,34,41). The molecule has 2 fully saturated rings. The number of primary amides is 1. The summed E-state index contributed by atoms with van der Waals surface area (Å²) in [5.74, 6) is -2.07. The number of fused-ring (bicyclic) bond motifs is 2. The van der Waals surface area contributed by atoms with E-state index in [9.17, 15) is 18.4 Å². The average molecular weight is 624 g/mol. The number of carbonyl (C=O) groups is 2. The van der Waals surface area contributed by atoms with Crippen molar-refractivity contribution in [2.24, 2.45) is 11.7 Å². The molecule has 3 aliphatic rings. The number of nitrogens with one attached hydrogen (secondary N) is 1. The summed E-state index contributed by atoms with van der Waals surface area (Å²) in [6.45, 7) is 2.19. The molecule has 5 heterocycles. The number of aromatic nitrogens is 4. The molecule has 4 aromatic rings. The van der Waals surface area contributed by atoms with E-state index >= 15 is 0 Å². The van der Waals surface area contributed by atoms with E-state index in [1.165, 1.54) is 18.3 Å². The van der Waals surface area contributed by atoms with Crippen molar-refractivity contribution in [3.63, 3.8) is 0 Å². The average Bonchev–Trinajstić information content (AvgIpc) is 3.74. The zero-order valence-electron chi connectivity index (χ0n) is 23.4. The van der Waals surface area contributed by atoms with Gasteiger partial charge in [0.2, 0.25) is 0 Å². The lowest BCUT2D eigenvalue weighted by atomic mass is 9.93. The molecule has 1 unspecified atom stereocenters. The zero-order valence-corrected chi connectivity index (χ0v) is 24.2. The first-order valence-corrected chi connectivity index (χ1v) is 14.7. The SMILES string of the molecule is NC(=O)c1c(CC2CC2)nc2c(cnn2CC2CNCCO2)c1-c1ccc2c(c1)OC(F)(F)C(=O)N2Cc1ccc(Cl)cn1. The molecule has 44 heavy (non-hydrogen) atoms. The fraction of sp³-hybridized carbons (Fsp3) is 0.367. The van der Waals surface area contributed by atoms with E-state index in [0.29, 0.717) is 70.6 Å². The topological polar surface area (TPSA) is 137 Å². The van der Waals surface area contributed by atoms with Crippen LogP contribution in [0, 0.1) is 5.92 Å². The quantitative estimate of drug-likeness (QED) is 0.303. The summed E-state index contributed by atoms with van der Waals surface area (Å²) >= 11 is 5.92. The molecule has 2 aliphatic heterocycles. The van der Waals surface area contributed by atoms with Gasteiger partial charge in [-0.05, 0) is 55.0 Å². The zero-order chi connectivity index (χ0) is 30.6. The highest BCUT2D eigenvalue weighted by molar-refractivity contribution is 6.30. The monoisotopic (exact) mass is 623 g/mol. The summed E-state index contributed by atoms with van der Waals surface area (Å²) in [4.78, 5) is 35.7. The summed E-state index contributed by atoms with van der Waals surface area (Å²) in [7, 11) is 0. The first-order chi connectivity index (χ1) is 21.2. The number of nitrogens with two attached hydrogens (primary N) is 1. The second-order valence-corrected chi connectivity index (χ2v) is 11.7. The lowest BCUT2D eigenvalue weighted by Crippen LogP contribution is -2.50. The Kier molecular flexibility index (Phi) is 7.18. The fourth-order valence-electron chi connectivity index (χ4n) is 5.75. The van der Waals surface area contributed by atoms with Gasteiger partial charge in [0.25, 0.3) is 5.91 Å². The molecule has 1 saturated heterocycles. The third kappa shape index (κ3) is 5.35. The molecular formula is C30H28ClF2N7O4. The number of rotatable bonds is 8. The van der Waals surface area contributed by atoms with Crippen LogP contribution < -0.4 is 20.7 Å². The highest BCUT2D eigenvalue weighted by Crippen LogP contribution is 2.44. The molecule has 1 aromatic carbocycles. The highest BCUT2D eigenvalue weighted by atomic mass is 35.5. The van der Waals surface area contributed by atoms with Crippen molar-refractivity contribution in [3.05, 3.63) is 64.7 Å². The molecule has 2 amide bonds. The molecule has 0 radical (unpaired) electrons. The van der Waals surface area contributed by atoms with Crippen LogP contribution in [-0.4, -0.2) is 63.5 Å². The molecule has 0 spiro atoms. The largest absolute Gasteiger partial charge is 0.482 e. The van der Waals surface area contributed by atoms with Crippen LogP contribution in [-0.2, 0) is 29.0 Å². The third-order valence-electron chi connectivity index (χ3n) is 8.05. The number of hydrogen-bond donors (Lipinski definition) is 2. The number of amides is 2. The van der Waals surface area contributed by atoms with Crippen LogP contribution in [0.25, 0.3) is 22.2 Å². The van der Waals surface area contributed by atoms with Gasteiger partial charge in [-0.1, -0.05) is 17.7 Å². The minimum Gasteiger partial charge on any atom is -0.423 e. The Hall–Kier alpha value is -4.20. The molecule has 7 rings (SSSR count). The Morgan fingerprint density at radius 3 is 2.75 bits per heavy atom. The predicted molar refractivity (Wildman–Crippen MR) is 157 cm³/mol. The van der Waals surface area contributed by atoms with Gasteiger partial charge in [-0.2, -0.15) is 13.9 Å². The van der Waals surface area contributed by atoms with E-state index in [1.807, 2.05) is 0 Å². The van der Waals surface area contributed by atoms with Crippen LogP contribution in [0.15, 0.2) is 42.7 Å². The summed E-state index contributed by atoms with van der Waals surface area (Å²) < 4.78 is 42.5. The van der Waals surface area contributed by atoms with Crippen molar-refractivity contribution >= 4 is 40.1 Å². The van der Waals surface area contributed by atoms with Crippen LogP contribution in [0.5, 0.6) is 5.75 Å². The maximum atomic E-state index is 15.0. The van der Waals surface area contributed by atoms with Crippen molar-refractivity contribution in [1.29, 1.82) is 0 Å². The van der Waals surface area contributed by atoms with Gasteiger partial charge in [-0.15, -0.1) is 0 Å². The van der Waals surface area contributed by atoms with E-state index in [2.05, 4.69) is 15.4 Å². The molecule has 11 nitrogen and oxygen atoms in total. The summed E-state index contributed by atoms with van der Waals surface area (Å²) in [6.07, 6.45) is 1.29. The van der Waals surface area contributed by atoms with Crippen LogP contribution in [0.4, 0.5) is 14.5 Å². The third-order valence-corrected chi connectivity index (χ3v) is 8.27. The molecule has 0 bridgehead atoms. The molecule has 1 atom stereocenters. The first kappa shape index (κ1) is 28.6. The Bertz CT molecular complexity index is 1770. The van der Waals surface area contributed by atoms with Crippen molar-refractivity contribution < 1.29 is 27.8 Å². The maximum absolute atomic E-state index is 15.0. The lowest BCUT2D eigenvalue weighted by molar-refractivity contribution is -0.193. The molecular weight excluding hydrogens is 596 g/mol. The Balaban J connectivity index is 1.35. The second-order valence-electron chi connectivity index (χ2n) is 11.2. The van der Waals surface area contributed by atoms with Gasteiger partial charge < -0.3 is 20.5 Å². The second kappa shape index (κ2) is 11.1. The van der Waals surface area contributed by atoms with Crippen molar-refractivity contribution in [2.45, 2.75) is 44.6 Å². The summed E-state index contributed by atoms with van der Waals surface area (Å²) in [6, 6.07) is 7.67. The number of morpholine rings is 1. The number of anilines is 1. The number of ether oxygens (including phenoxy) is 2. The minimum atomic E-state index is -4.13. The molecule has 14 heteroatoms. The first-order valence-electron chi connectivity index (χ1n) is 14.3. The minimum absolute atomic E-state index is 0.127. The van der Waals surface area contributed by atoms with E-state index in [1.54, 1.807) is 29.1 Å². The van der Waals surface area contributed by atoms with E-state index in [4.69, 9.17) is 31.8 Å². The van der Waals surface area contributed by atoms with E-state index in [-0.39, 0.29) is 29.6 Å². The van der Waals surface area contributed by atoms with E-state index < -0.39 is 17.9 Å². The number of carbonyl (C=O) groups excluding carboxylic acids is 2. The van der Waals surface area contributed by atoms with Gasteiger partial charge >= 0.3 is 12.0 Å². The molecule has 3 N–H and O–H groups in total. The van der Waals surface area contributed by atoms with Gasteiger partial charge in [-0.3, -0.25) is 19.5 Å². The predicted octanol–water partition coefficient (Wildman–Crippen LogP) is 3.70. The molecule has 228 valence electrons. The Morgan fingerprint density at radius 2 is 2.05 bits per heavy atom. The van der Waals surface area contributed by atoms with Crippen LogP contribution in [0.3, 0.4) is 0 Å². The normalized spacial score (nSPS) is 19.6. The Morgan fingerprint density at radius 1 is 1.20 bits per heavy atom. The maximum Gasteiger partial charge on any atom is 0.482 e. The Labute approximate surface area is 255 Å². The summed E-state index contributed by atoms with van der Waals surface area (Å²) in [5, 5.41) is 8.78. The van der Waals surface area contributed by atoms with Gasteiger partial charge in [0.1, 0.15) is 0 Å². The van der Waals surface area contributed by atoms with Crippen LogP contribution >= 0.6 is 11.6 Å². The molecule has 1 aliphatic carbocycles. The van der Waals surface area contributed by atoms with Gasteiger partial charge in [0.05, 0.1) is 59.7 Å². The van der Waals surface area contributed by atoms with Crippen LogP contribution in [0.2, 0.25) is 5.02 Å². The number of halogens is 3. The van der Waals surface area contributed by atoms with Gasteiger partial charge in [0, 0.05) is 30.2 Å². The fourth-order valence-corrected chi connectivity index (χ4v) is 5.86. The van der Waals surface area contributed by atoms with Gasteiger partial charge in [-0.25, -0.2) is 9.67 Å². The summed E-state index contributed by atoms with van der Waals surface area (Å²) in [5.41, 5.74) is 8.53. The lowest BCUT2D eigenvalue weighted by Gasteiger charge is -2.33. The van der Waals surface area contributed by atoms with E-state index in [0.717, 1.165) is 24.3 Å². The molecule has 1 saturated carbocycles. The smallest absolute Gasteiger partial charge is 0.423 e. The number of pyridine rings is 2. The number of hydrogen-bond acceptors (Lipinski definition) is 8. The van der Waals surface area contributed by atoms with Crippen LogP contribution in [0.1, 0.15) is 34.6 Å². The highest BCUT2D eigenvalue weighted by Gasteiger charge is 2.50. The number of nitrogens with zero attached hydrogens (tertiary/aromatic N) is 5. The van der Waals surface area contributed by atoms with Gasteiger partial charge in [0.15, 0.2) is 11.4 Å². The van der Waals surface area contributed by atoms with Crippen molar-refractivity contribution in [3.8, 4) is 16.9 Å². The number of alkyl halides is 2. The van der Waals surface area contributed by atoms with Crippen molar-refractivity contribution in [1.82, 2.24) is 25.1 Å².